The minimum absolute atomic E-state index is 0.123. The molecule has 1 unspecified atom stereocenters. The van der Waals surface area contributed by atoms with Gasteiger partial charge in [-0.05, 0) is 13.0 Å². The molecule has 1 saturated heterocycles. The van der Waals surface area contributed by atoms with Gasteiger partial charge in [0.1, 0.15) is 11.2 Å². The maximum Gasteiger partial charge on any atom is 0.387 e. The van der Waals surface area contributed by atoms with E-state index in [0.717, 1.165) is 0 Å². The molecule has 1 atom stereocenters. The first-order valence-electron chi connectivity index (χ1n) is 5.23. The number of ether oxygens (including phenoxy) is 2. The third-order valence-electron chi connectivity index (χ3n) is 2.85. The third-order valence-corrected chi connectivity index (χ3v) is 2.85. The molecule has 0 amide bonds. The summed E-state index contributed by atoms with van der Waals surface area (Å²) in [6.07, 6.45) is -0.185. The summed E-state index contributed by atoms with van der Waals surface area (Å²) >= 11 is 0. The van der Waals surface area contributed by atoms with E-state index in [1.54, 1.807) is 6.07 Å². The maximum absolute atomic E-state index is 12.3. The number of carbonyl (C=O) groups excluding carboxylic acids is 2. The summed E-state index contributed by atoms with van der Waals surface area (Å²) in [6.45, 7) is -1.53. The molecule has 2 rings (SSSR count). The average Bonchev–Trinajstić information content (AvgIpc) is 2.53. The summed E-state index contributed by atoms with van der Waals surface area (Å²) in [7, 11) is 0. The van der Waals surface area contributed by atoms with Gasteiger partial charge in [-0.3, -0.25) is 9.59 Å². The number of rotatable bonds is 3. The van der Waals surface area contributed by atoms with Crippen LogP contribution in [0.15, 0.2) is 24.3 Å². The van der Waals surface area contributed by atoms with Gasteiger partial charge >= 0.3 is 18.6 Å². The molecule has 96 valence electrons. The molecule has 0 spiro atoms. The lowest BCUT2D eigenvalue weighted by Gasteiger charge is -2.21. The number of hydrogen-bond donors (Lipinski definition) is 0. The van der Waals surface area contributed by atoms with Crippen LogP contribution in [0.4, 0.5) is 8.78 Å². The Hall–Kier alpha value is -1.98. The first kappa shape index (κ1) is 12.5. The SMILES string of the molecule is CC1(c2ccccc2OC(F)F)CC(=O)OC1=O. The fourth-order valence-corrected chi connectivity index (χ4v) is 1.94. The molecule has 0 bridgehead atoms. The van der Waals surface area contributed by atoms with Crippen LogP contribution in [0, 0.1) is 0 Å². The molecule has 4 nitrogen and oxygen atoms in total. The molecule has 1 aliphatic rings. The van der Waals surface area contributed by atoms with Crippen LogP contribution < -0.4 is 4.74 Å². The molecule has 1 heterocycles. The van der Waals surface area contributed by atoms with Gasteiger partial charge in [0.15, 0.2) is 0 Å². The van der Waals surface area contributed by atoms with Crippen molar-refractivity contribution in [3.63, 3.8) is 0 Å². The lowest BCUT2D eigenvalue weighted by molar-refractivity contribution is -0.153. The summed E-state index contributed by atoms with van der Waals surface area (Å²) in [4.78, 5) is 22.8. The van der Waals surface area contributed by atoms with Crippen molar-refractivity contribution in [2.24, 2.45) is 0 Å². The number of alkyl halides is 2. The number of hydrogen-bond acceptors (Lipinski definition) is 4. The van der Waals surface area contributed by atoms with Crippen LogP contribution in [0.5, 0.6) is 5.75 Å². The smallest absolute Gasteiger partial charge is 0.387 e. The van der Waals surface area contributed by atoms with Crippen molar-refractivity contribution in [1.29, 1.82) is 0 Å². The second kappa shape index (κ2) is 4.36. The molecule has 0 aliphatic carbocycles. The molecule has 0 radical (unpaired) electrons. The topological polar surface area (TPSA) is 52.6 Å². The zero-order chi connectivity index (χ0) is 13.3. The maximum atomic E-state index is 12.3. The number of esters is 2. The van der Waals surface area contributed by atoms with Crippen molar-refractivity contribution in [2.75, 3.05) is 0 Å². The van der Waals surface area contributed by atoms with E-state index in [-0.39, 0.29) is 17.7 Å². The molecular formula is C12H10F2O4. The number of cyclic esters (lactones) is 2. The second-order valence-electron chi connectivity index (χ2n) is 4.15. The van der Waals surface area contributed by atoms with Crippen molar-refractivity contribution >= 4 is 11.9 Å². The Labute approximate surface area is 101 Å². The molecule has 0 N–H and O–H groups in total. The molecule has 1 fully saturated rings. The summed E-state index contributed by atoms with van der Waals surface area (Å²) in [5, 5.41) is 0. The predicted molar refractivity (Wildman–Crippen MR) is 56.1 cm³/mol. The minimum atomic E-state index is -3.00. The minimum Gasteiger partial charge on any atom is -0.435 e. The summed E-state index contributed by atoms with van der Waals surface area (Å²) in [5.41, 5.74) is -1.05. The second-order valence-corrected chi connectivity index (χ2v) is 4.15. The summed E-state index contributed by atoms with van der Waals surface area (Å²) in [6, 6.07) is 5.88. The Kier molecular flexibility index (Phi) is 3.02. The van der Waals surface area contributed by atoms with Gasteiger partial charge in [-0.15, -0.1) is 0 Å². The molecule has 1 aromatic rings. The zero-order valence-electron chi connectivity index (χ0n) is 9.48. The first-order chi connectivity index (χ1) is 8.43. The van der Waals surface area contributed by atoms with Crippen LogP contribution in [0.1, 0.15) is 18.9 Å². The van der Waals surface area contributed by atoms with Crippen molar-refractivity contribution in [1.82, 2.24) is 0 Å². The van der Waals surface area contributed by atoms with Crippen LogP contribution in [-0.4, -0.2) is 18.6 Å². The monoisotopic (exact) mass is 256 g/mol. The Morgan fingerprint density at radius 3 is 2.56 bits per heavy atom. The quantitative estimate of drug-likeness (QED) is 0.613. The standard InChI is InChI=1S/C12H10F2O4/c1-12(6-9(15)18-10(12)16)7-4-2-3-5-8(7)17-11(13)14/h2-5,11H,6H2,1H3. The van der Waals surface area contributed by atoms with Crippen LogP contribution >= 0.6 is 0 Å². The lowest BCUT2D eigenvalue weighted by atomic mass is 9.80. The zero-order valence-corrected chi connectivity index (χ0v) is 9.48. The van der Waals surface area contributed by atoms with Gasteiger partial charge in [0.2, 0.25) is 0 Å². The van der Waals surface area contributed by atoms with Crippen LogP contribution in [0.25, 0.3) is 0 Å². The largest absolute Gasteiger partial charge is 0.435 e. The van der Waals surface area contributed by atoms with Gasteiger partial charge in [-0.2, -0.15) is 8.78 Å². The highest BCUT2D eigenvalue weighted by atomic mass is 19.3. The Bertz CT molecular complexity index is 501. The summed E-state index contributed by atoms with van der Waals surface area (Å²) < 4.78 is 33.4. The molecule has 0 aromatic heterocycles. The number of carbonyl (C=O) groups is 2. The highest BCUT2D eigenvalue weighted by molar-refractivity contribution is 6.01. The Balaban J connectivity index is 2.44. The highest BCUT2D eigenvalue weighted by Gasteiger charge is 2.48. The number of benzene rings is 1. The molecule has 1 aromatic carbocycles. The average molecular weight is 256 g/mol. The van der Waals surface area contributed by atoms with E-state index in [1.165, 1.54) is 25.1 Å². The molecule has 0 saturated carbocycles. The van der Waals surface area contributed by atoms with Gasteiger partial charge in [0.25, 0.3) is 0 Å². The van der Waals surface area contributed by atoms with E-state index >= 15 is 0 Å². The van der Waals surface area contributed by atoms with Crippen molar-refractivity contribution in [2.45, 2.75) is 25.4 Å². The van der Waals surface area contributed by atoms with Crippen LogP contribution in [-0.2, 0) is 19.7 Å². The van der Waals surface area contributed by atoms with Gasteiger partial charge in [0.05, 0.1) is 6.42 Å². The van der Waals surface area contributed by atoms with Gasteiger partial charge < -0.3 is 9.47 Å². The van der Waals surface area contributed by atoms with Crippen LogP contribution in [0.2, 0.25) is 0 Å². The van der Waals surface area contributed by atoms with Gasteiger partial charge in [-0.1, -0.05) is 18.2 Å². The number of para-hydroxylation sites is 1. The van der Waals surface area contributed by atoms with Crippen molar-refractivity contribution in [3.8, 4) is 5.75 Å². The third kappa shape index (κ3) is 2.05. The van der Waals surface area contributed by atoms with Gasteiger partial charge in [-0.25, -0.2) is 0 Å². The Morgan fingerprint density at radius 2 is 2.00 bits per heavy atom. The fraction of sp³-hybridized carbons (Fsp3) is 0.333. The first-order valence-corrected chi connectivity index (χ1v) is 5.23. The van der Waals surface area contributed by atoms with E-state index < -0.39 is 24.0 Å². The van der Waals surface area contributed by atoms with Crippen molar-refractivity contribution in [3.05, 3.63) is 29.8 Å². The van der Waals surface area contributed by atoms with E-state index in [0.29, 0.717) is 0 Å². The summed E-state index contributed by atoms with van der Waals surface area (Å²) in [5.74, 6) is -1.55. The molecule has 6 heteroatoms. The van der Waals surface area contributed by atoms with Crippen molar-refractivity contribution < 1.29 is 27.8 Å². The fourth-order valence-electron chi connectivity index (χ4n) is 1.94. The Morgan fingerprint density at radius 1 is 1.33 bits per heavy atom. The normalized spacial score (nSPS) is 23.3. The molecular weight excluding hydrogens is 246 g/mol. The van der Waals surface area contributed by atoms with E-state index in [4.69, 9.17) is 0 Å². The van der Waals surface area contributed by atoms with E-state index in [1.807, 2.05) is 0 Å². The predicted octanol–water partition coefficient (Wildman–Crippen LogP) is 2.02. The van der Waals surface area contributed by atoms with Gasteiger partial charge in [0, 0.05) is 5.56 Å². The van der Waals surface area contributed by atoms with E-state index in [2.05, 4.69) is 9.47 Å². The highest BCUT2D eigenvalue weighted by Crippen LogP contribution is 2.39. The number of halogens is 2. The van der Waals surface area contributed by atoms with Crippen LogP contribution in [0.3, 0.4) is 0 Å². The van der Waals surface area contributed by atoms with E-state index in [9.17, 15) is 18.4 Å². The molecule has 1 aliphatic heterocycles. The lowest BCUT2D eigenvalue weighted by Crippen LogP contribution is -2.28. The molecule has 18 heavy (non-hydrogen) atoms.